The Hall–Kier alpha value is -1.77. The Labute approximate surface area is 149 Å². The summed E-state index contributed by atoms with van der Waals surface area (Å²) in [7, 11) is 1.67. The molecule has 0 spiro atoms. The highest BCUT2D eigenvalue weighted by Gasteiger charge is 2.37. The summed E-state index contributed by atoms with van der Waals surface area (Å²) >= 11 is 1.30. The van der Waals surface area contributed by atoms with Gasteiger partial charge in [0.25, 0.3) is 11.5 Å². The number of thiophene rings is 1. The lowest BCUT2D eigenvalue weighted by Gasteiger charge is -2.37. The smallest absolute Gasteiger partial charge is 0.264 e. The Morgan fingerprint density at radius 1 is 1.32 bits per heavy atom. The summed E-state index contributed by atoms with van der Waals surface area (Å²) < 4.78 is 12.8. The molecule has 0 bridgehead atoms. The molecule has 2 aliphatic heterocycles. The molecule has 7 nitrogen and oxygen atoms in total. The van der Waals surface area contributed by atoms with Gasteiger partial charge in [0.05, 0.1) is 35.8 Å². The first kappa shape index (κ1) is 16.7. The number of fused-ring (bicyclic) bond motifs is 1. The molecule has 2 aliphatic rings. The Balaban J connectivity index is 1.72. The number of hydrogen-bond acceptors (Lipinski definition) is 6. The van der Waals surface area contributed by atoms with Gasteiger partial charge in [-0.15, -0.1) is 11.3 Å². The van der Waals surface area contributed by atoms with Crippen LogP contribution in [0.1, 0.15) is 34.5 Å². The molecule has 4 heterocycles. The number of piperidine rings is 1. The predicted molar refractivity (Wildman–Crippen MR) is 94.0 cm³/mol. The molecule has 134 valence electrons. The van der Waals surface area contributed by atoms with E-state index in [2.05, 4.69) is 4.98 Å². The van der Waals surface area contributed by atoms with Crippen LogP contribution in [0.2, 0.25) is 0 Å². The summed E-state index contributed by atoms with van der Waals surface area (Å²) in [5.41, 5.74) is 0.603. The highest BCUT2D eigenvalue weighted by Crippen LogP contribution is 2.31. The van der Waals surface area contributed by atoms with Gasteiger partial charge in [0.15, 0.2) is 6.29 Å². The molecular weight excluding hydrogens is 342 g/mol. The lowest BCUT2D eigenvalue weighted by molar-refractivity contribution is -0.100. The fourth-order valence-electron chi connectivity index (χ4n) is 3.63. The lowest BCUT2D eigenvalue weighted by atomic mass is 10.0. The zero-order valence-corrected chi connectivity index (χ0v) is 15.2. The number of ether oxygens (including phenoxy) is 2. The van der Waals surface area contributed by atoms with E-state index in [4.69, 9.17) is 9.47 Å². The molecular formula is C17H21N3O4S. The minimum Gasteiger partial charge on any atom is -0.348 e. The minimum absolute atomic E-state index is 0.0497. The number of rotatable bonds is 2. The van der Waals surface area contributed by atoms with E-state index in [9.17, 15) is 9.59 Å². The molecule has 0 aliphatic carbocycles. The molecule has 1 amide bonds. The average Bonchev–Trinajstić information content (AvgIpc) is 3.26. The van der Waals surface area contributed by atoms with Gasteiger partial charge in [0.2, 0.25) is 0 Å². The van der Waals surface area contributed by atoms with Crippen LogP contribution < -0.4 is 5.56 Å². The zero-order valence-electron chi connectivity index (χ0n) is 14.4. The molecule has 25 heavy (non-hydrogen) atoms. The van der Waals surface area contributed by atoms with Crippen LogP contribution in [0.15, 0.2) is 11.1 Å². The van der Waals surface area contributed by atoms with Gasteiger partial charge in [-0.3, -0.25) is 9.59 Å². The number of aryl methyl sites for hydroxylation is 2. The standard InChI is InChI=1S/C17H21N3O4S/c1-10-12-14(18-9-19(2)15(12)21)25-13(10)16(22)20-6-4-3-5-11(20)17-23-7-8-24-17/h9,11,17H,3-8H2,1-2H3. The van der Waals surface area contributed by atoms with Crippen molar-refractivity contribution in [2.75, 3.05) is 19.8 Å². The second-order valence-electron chi connectivity index (χ2n) is 6.57. The van der Waals surface area contributed by atoms with E-state index in [1.807, 2.05) is 11.8 Å². The van der Waals surface area contributed by atoms with Crippen LogP contribution in [-0.2, 0) is 16.5 Å². The maximum Gasteiger partial charge on any atom is 0.264 e. The van der Waals surface area contributed by atoms with Crippen molar-refractivity contribution in [2.45, 2.75) is 38.5 Å². The van der Waals surface area contributed by atoms with E-state index in [0.29, 0.717) is 34.9 Å². The van der Waals surface area contributed by atoms with Gasteiger partial charge in [-0.2, -0.15) is 0 Å². The zero-order chi connectivity index (χ0) is 17.6. The molecule has 2 fully saturated rings. The molecule has 0 radical (unpaired) electrons. The molecule has 0 N–H and O–H groups in total. The van der Waals surface area contributed by atoms with Crippen LogP contribution in [-0.4, -0.2) is 52.4 Å². The Morgan fingerprint density at radius 3 is 2.84 bits per heavy atom. The number of likely N-dealkylation sites (tertiary alicyclic amines) is 1. The molecule has 1 unspecified atom stereocenters. The van der Waals surface area contributed by atoms with E-state index in [-0.39, 0.29) is 23.8 Å². The molecule has 1 atom stereocenters. The van der Waals surface area contributed by atoms with Crippen molar-refractivity contribution in [1.29, 1.82) is 0 Å². The van der Waals surface area contributed by atoms with Crippen molar-refractivity contribution >= 4 is 27.5 Å². The summed E-state index contributed by atoms with van der Waals surface area (Å²) in [6.07, 6.45) is 4.06. The van der Waals surface area contributed by atoms with E-state index < -0.39 is 0 Å². The van der Waals surface area contributed by atoms with Gasteiger partial charge in [-0.05, 0) is 31.7 Å². The number of nitrogens with zero attached hydrogens (tertiary/aromatic N) is 3. The van der Waals surface area contributed by atoms with E-state index in [0.717, 1.165) is 24.8 Å². The van der Waals surface area contributed by atoms with E-state index >= 15 is 0 Å². The second kappa shape index (κ2) is 6.51. The normalized spacial score (nSPS) is 22.0. The maximum atomic E-state index is 13.2. The van der Waals surface area contributed by atoms with Crippen LogP contribution in [0.4, 0.5) is 0 Å². The molecule has 0 aromatic carbocycles. The van der Waals surface area contributed by atoms with E-state index in [1.165, 1.54) is 22.2 Å². The van der Waals surface area contributed by atoms with Gasteiger partial charge < -0.3 is 18.9 Å². The third-order valence-corrected chi connectivity index (χ3v) is 6.16. The summed E-state index contributed by atoms with van der Waals surface area (Å²) in [6.45, 7) is 3.67. The molecule has 2 aromatic heterocycles. The molecule has 2 saturated heterocycles. The van der Waals surface area contributed by atoms with Gasteiger partial charge in [-0.25, -0.2) is 4.98 Å². The largest absolute Gasteiger partial charge is 0.348 e. The number of carbonyl (C=O) groups excluding carboxylic acids is 1. The summed E-state index contributed by atoms with van der Waals surface area (Å²) in [6, 6.07) is -0.0656. The highest BCUT2D eigenvalue weighted by atomic mass is 32.1. The fraction of sp³-hybridized carbons (Fsp3) is 0.588. The molecule has 0 saturated carbocycles. The number of hydrogen-bond donors (Lipinski definition) is 0. The third kappa shape index (κ3) is 2.78. The van der Waals surface area contributed by atoms with Crippen LogP contribution in [0, 0.1) is 6.92 Å². The number of aromatic nitrogens is 2. The molecule has 8 heteroatoms. The quantitative estimate of drug-likeness (QED) is 0.811. The Bertz CT molecular complexity index is 869. The first-order valence-corrected chi connectivity index (χ1v) is 9.38. The summed E-state index contributed by atoms with van der Waals surface area (Å²) in [5.74, 6) is -0.0497. The SMILES string of the molecule is Cc1c(C(=O)N2CCCCC2C2OCCO2)sc2ncn(C)c(=O)c12. The summed E-state index contributed by atoms with van der Waals surface area (Å²) in [4.78, 5) is 33.0. The topological polar surface area (TPSA) is 73.7 Å². The average molecular weight is 363 g/mol. The van der Waals surface area contributed by atoms with Crippen LogP contribution in [0.25, 0.3) is 10.2 Å². The van der Waals surface area contributed by atoms with Crippen molar-refractivity contribution in [1.82, 2.24) is 14.5 Å². The van der Waals surface area contributed by atoms with Crippen molar-refractivity contribution < 1.29 is 14.3 Å². The highest BCUT2D eigenvalue weighted by molar-refractivity contribution is 7.20. The second-order valence-corrected chi connectivity index (χ2v) is 7.57. The van der Waals surface area contributed by atoms with Gasteiger partial charge in [-0.1, -0.05) is 0 Å². The van der Waals surface area contributed by atoms with Crippen molar-refractivity contribution in [3.63, 3.8) is 0 Å². The Morgan fingerprint density at radius 2 is 2.08 bits per heavy atom. The van der Waals surface area contributed by atoms with Gasteiger partial charge in [0, 0.05) is 13.6 Å². The monoisotopic (exact) mass is 363 g/mol. The maximum absolute atomic E-state index is 13.2. The van der Waals surface area contributed by atoms with Crippen LogP contribution in [0.3, 0.4) is 0 Å². The molecule has 2 aromatic rings. The lowest BCUT2D eigenvalue weighted by Crippen LogP contribution is -2.50. The molecule has 4 rings (SSSR count). The van der Waals surface area contributed by atoms with Crippen LogP contribution in [0.5, 0.6) is 0 Å². The first-order valence-electron chi connectivity index (χ1n) is 8.57. The van der Waals surface area contributed by atoms with Crippen molar-refractivity contribution in [3.05, 3.63) is 27.1 Å². The van der Waals surface area contributed by atoms with Crippen molar-refractivity contribution in [3.8, 4) is 0 Å². The minimum atomic E-state index is -0.343. The van der Waals surface area contributed by atoms with Gasteiger partial charge >= 0.3 is 0 Å². The number of carbonyl (C=O) groups is 1. The fourth-order valence-corrected chi connectivity index (χ4v) is 4.73. The van der Waals surface area contributed by atoms with Crippen LogP contribution >= 0.6 is 11.3 Å². The summed E-state index contributed by atoms with van der Waals surface area (Å²) in [5, 5.41) is 0.542. The van der Waals surface area contributed by atoms with Crippen molar-refractivity contribution in [2.24, 2.45) is 7.05 Å². The number of amides is 1. The first-order chi connectivity index (χ1) is 12.1. The third-order valence-electron chi connectivity index (χ3n) is 4.98. The van der Waals surface area contributed by atoms with E-state index in [1.54, 1.807) is 7.05 Å². The Kier molecular flexibility index (Phi) is 4.35. The predicted octanol–water partition coefficient (Wildman–Crippen LogP) is 1.67. The van der Waals surface area contributed by atoms with Gasteiger partial charge in [0.1, 0.15) is 4.83 Å².